The molecule has 0 bridgehead atoms. The lowest BCUT2D eigenvalue weighted by Crippen LogP contribution is -2.16. The van der Waals surface area contributed by atoms with E-state index in [4.69, 9.17) is 4.42 Å². The monoisotopic (exact) mass is 281 g/mol. The van der Waals surface area contributed by atoms with Gasteiger partial charge in [0.05, 0.1) is 6.26 Å². The molecule has 0 fully saturated rings. The second-order valence-electron chi connectivity index (χ2n) is 5.37. The van der Waals surface area contributed by atoms with Gasteiger partial charge in [-0.05, 0) is 49.2 Å². The average molecular weight is 281 g/mol. The molecule has 0 aliphatic heterocycles. The van der Waals surface area contributed by atoms with E-state index in [1.54, 1.807) is 12.5 Å². The highest BCUT2D eigenvalue weighted by Crippen LogP contribution is 2.26. The van der Waals surface area contributed by atoms with Gasteiger partial charge in [-0.3, -0.25) is 0 Å². The average Bonchev–Trinajstić information content (AvgIpc) is 3.06. The van der Waals surface area contributed by atoms with Crippen LogP contribution in [-0.2, 0) is 7.05 Å². The largest absolute Gasteiger partial charge is 0.467 e. The molecule has 4 heteroatoms. The van der Waals surface area contributed by atoms with Crippen molar-refractivity contribution in [2.75, 3.05) is 5.32 Å². The Bertz CT molecular complexity index is 708. The van der Waals surface area contributed by atoms with Crippen molar-refractivity contribution in [2.24, 2.45) is 7.05 Å². The van der Waals surface area contributed by atoms with Gasteiger partial charge in [0.2, 0.25) is 0 Å². The first kappa shape index (κ1) is 13.5. The van der Waals surface area contributed by atoms with Crippen LogP contribution in [0.2, 0.25) is 0 Å². The Kier molecular flexibility index (Phi) is 3.52. The molecule has 0 saturated carbocycles. The van der Waals surface area contributed by atoms with E-state index in [2.05, 4.69) is 42.3 Å². The van der Waals surface area contributed by atoms with Gasteiger partial charge >= 0.3 is 0 Å². The van der Waals surface area contributed by atoms with E-state index >= 15 is 0 Å². The molecule has 0 spiro atoms. The van der Waals surface area contributed by atoms with E-state index < -0.39 is 0 Å². The number of nitrogens with zero attached hydrogens (tertiary/aromatic N) is 2. The number of aromatic nitrogens is 2. The standard InChI is InChI=1S/C17H19N3O/c1-12-9-13(2)11-14(10-12)19-16(15-5-4-8-21-15)17-18-6-7-20(17)3/h4-11,16,19H,1-3H3. The molecule has 0 aliphatic carbocycles. The first-order valence-corrected chi connectivity index (χ1v) is 6.99. The van der Waals surface area contributed by atoms with Crippen LogP contribution in [0.4, 0.5) is 5.69 Å². The zero-order valence-electron chi connectivity index (χ0n) is 12.5. The second-order valence-corrected chi connectivity index (χ2v) is 5.37. The topological polar surface area (TPSA) is 43.0 Å². The van der Waals surface area contributed by atoms with Crippen LogP contribution in [-0.4, -0.2) is 9.55 Å². The van der Waals surface area contributed by atoms with E-state index in [1.807, 2.05) is 29.9 Å². The van der Waals surface area contributed by atoms with Crippen molar-refractivity contribution in [3.05, 3.63) is 71.7 Å². The summed E-state index contributed by atoms with van der Waals surface area (Å²) in [7, 11) is 1.99. The molecule has 21 heavy (non-hydrogen) atoms. The van der Waals surface area contributed by atoms with Crippen LogP contribution >= 0.6 is 0 Å². The fourth-order valence-corrected chi connectivity index (χ4v) is 2.60. The molecular formula is C17H19N3O. The highest BCUT2D eigenvalue weighted by molar-refractivity contribution is 5.50. The molecule has 4 nitrogen and oxygen atoms in total. The Balaban J connectivity index is 1.99. The maximum atomic E-state index is 5.59. The zero-order valence-corrected chi connectivity index (χ0v) is 12.5. The van der Waals surface area contributed by atoms with Crippen molar-refractivity contribution in [1.82, 2.24) is 9.55 Å². The smallest absolute Gasteiger partial charge is 0.143 e. The van der Waals surface area contributed by atoms with Crippen LogP contribution in [0.3, 0.4) is 0 Å². The normalized spacial score (nSPS) is 12.3. The molecule has 2 aromatic heterocycles. The molecule has 0 radical (unpaired) electrons. The molecule has 3 rings (SSSR count). The van der Waals surface area contributed by atoms with Crippen molar-refractivity contribution in [3.63, 3.8) is 0 Å². The number of aryl methyl sites for hydroxylation is 3. The van der Waals surface area contributed by atoms with Gasteiger partial charge < -0.3 is 14.3 Å². The molecular weight excluding hydrogens is 262 g/mol. The Morgan fingerprint density at radius 1 is 1.19 bits per heavy atom. The molecule has 0 aliphatic rings. The Morgan fingerprint density at radius 2 is 1.95 bits per heavy atom. The van der Waals surface area contributed by atoms with Gasteiger partial charge in [-0.25, -0.2) is 4.98 Å². The van der Waals surface area contributed by atoms with Gasteiger partial charge in [0, 0.05) is 25.1 Å². The number of hydrogen-bond donors (Lipinski definition) is 1. The maximum Gasteiger partial charge on any atom is 0.143 e. The molecule has 1 unspecified atom stereocenters. The molecule has 1 N–H and O–H groups in total. The summed E-state index contributed by atoms with van der Waals surface area (Å²) in [4.78, 5) is 4.45. The van der Waals surface area contributed by atoms with E-state index in [9.17, 15) is 0 Å². The first-order chi connectivity index (χ1) is 10.1. The first-order valence-electron chi connectivity index (χ1n) is 6.99. The number of benzene rings is 1. The van der Waals surface area contributed by atoms with Crippen LogP contribution in [0.25, 0.3) is 0 Å². The second kappa shape index (κ2) is 5.48. The summed E-state index contributed by atoms with van der Waals surface area (Å²) in [5.41, 5.74) is 3.53. The zero-order chi connectivity index (χ0) is 14.8. The Hall–Kier alpha value is -2.49. The quantitative estimate of drug-likeness (QED) is 0.790. The summed E-state index contributed by atoms with van der Waals surface area (Å²) >= 11 is 0. The van der Waals surface area contributed by atoms with Crippen LogP contribution in [0.15, 0.2) is 53.4 Å². The van der Waals surface area contributed by atoms with Crippen molar-refractivity contribution < 1.29 is 4.42 Å². The lowest BCUT2D eigenvalue weighted by Gasteiger charge is -2.18. The van der Waals surface area contributed by atoms with Crippen LogP contribution in [0.5, 0.6) is 0 Å². The van der Waals surface area contributed by atoms with Gasteiger partial charge in [-0.15, -0.1) is 0 Å². The Labute approximate surface area is 124 Å². The molecule has 1 atom stereocenters. The molecule has 1 aromatic carbocycles. The fraction of sp³-hybridized carbons (Fsp3) is 0.235. The number of anilines is 1. The van der Waals surface area contributed by atoms with Crippen molar-refractivity contribution in [1.29, 1.82) is 0 Å². The third kappa shape index (κ3) is 2.84. The van der Waals surface area contributed by atoms with Crippen LogP contribution in [0.1, 0.15) is 28.8 Å². The minimum atomic E-state index is -0.110. The number of hydrogen-bond acceptors (Lipinski definition) is 3. The van der Waals surface area contributed by atoms with Gasteiger partial charge in [0.25, 0.3) is 0 Å². The van der Waals surface area contributed by atoms with E-state index in [0.717, 1.165) is 17.3 Å². The SMILES string of the molecule is Cc1cc(C)cc(NC(c2ccco2)c2nccn2C)c1. The molecule has 3 aromatic rings. The minimum absolute atomic E-state index is 0.110. The summed E-state index contributed by atoms with van der Waals surface area (Å²) < 4.78 is 7.59. The van der Waals surface area contributed by atoms with Crippen LogP contribution < -0.4 is 5.32 Å². The third-order valence-corrected chi connectivity index (χ3v) is 3.48. The van der Waals surface area contributed by atoms with Gasteiger partial charge in [-0.1, -0.05) is 6.07 Å². The highest BCUT2D eigenvalue weighted by atomic mass is 16.3. The number of rotatable bonds is 4. The maximum absolute atomic E-state index is 5.59. The fourth-order valence-electron chi connectivity index (χ4n) is 2.60. The van der Waals surface area contributed by atoms with E-state index in [1.165, 1.54) is 11.1 Å². The summed E-state index contributed by atoms with van der Waals surface area (Å²) in [6.45, 7) is 4.20. The Morgan fingerprint density at radius 3 is 2.52 bits per heavy atom. The summed E-state index contributed by atoms with van der Waals surface area (Å²) in [6, 6.07) is 10.2. The van der Waals surface area contributed by atoms with Crippen molar-refractivity contribution in [3.8, 4) is 0 Å². The predicted molar refractivity (Wildman–Crippen MR) is 83.3 cm³/mol. The molecule has 108 valence electrons. The molecule has 0 saturated heterocycles. The highest BCUT2D eigenvalue weighted by Gasteiger charge is 2.21. The third-order valence-electron chi connectivity index (χ3n) is 3.48. The van der Waals surface area contributed by atoms with Gasteiger partial charge in [0.1, 0.15) is 17.6 Å². The summed E-state index contributed by atoms with van der Waals surface area (Å²) in [6.07, 6.45) is 5.43. The predicted octanol–water partition coefficient (Wildman–Crippen LogP) is 3.83. The van der Waals surface area contributed by atoms with Crippen molar-refractivity contribution >= 4 is 5.69 Å². The van der Waals surface area contributed by atoms with E-state index in [-0.39, 0.29) is 6.04 Å². The van der Waals surface area contributed by atoms with E-state index in [0.29, 0.717) is 0 Å². The number of furan rings is 1. The van der Waals surface area contributed by atoms with Crippen LogP contribution in [0, 0.1) is 13.8 Å². The van der Waals surface area contributed by atoms with Gasteiger partial charge in [-0.2, -0.15) is 0 Å². The minimum Gasteiger partial charge on any atom is -0.467 e. The summed E-state index contributed by atoms with van der Waals surface area (Å²) in [5, 5.41) is 3.53. The number of nitrogens with one attached hydrogen (secondary N) is 1. The lowest BCUT2D eigenvalue weighted by molar-refractivity contribution is 0.488. The molecule has 0 amide bonds. The van der Waals surface area contributed by atoms with Crippen molar-refractivity contribution in [2.45, 2.75) is 19.9 Å². The van der Waals surface area contributed by atoms with Gasteiger partial charge in [0.15, 0.2) is 0 Å². The number of imidazole rings is 1. The summed E-state index contributed by atoms with van der Waals surface area (Å²) in [5.74, 6) is 1.77. The lowest BCUT2D eigenvalue weighted by atomic mass is 10.1. The molecule has 2 heterocycles.